The Kier molecular flexibility index (Phi) is 4.26. The molecule has 2 aromatic heterocycles. The van der Waals surface area contributed by atoms with Crippen molar-refractivity contribution in [3.63, 3.8) is 0 Å². The molecule has 0 aliphatic rings. The van der Waals surface area contributed by atoms with Gasteiger partial charge in [-0.15, -0.1) is 33.9 Å². The Bertz CT molecular complexity index is 696. The highest BCUT2D eigenvalue weighted by molar-refractivity contribution is 7.13. The standard InChI is InChI=1S/C13H12N4OS.ClH/c1-18-10-6-3-2-5-9(10)17-12(15-16-13(17)14)11-7-4-8-19-11;/h2-8H,1H3,(H2,14,16);1H. The number of anilines is 1. The summed E-state index contributed by atoms with van der Waals surface area (Å²) in [6.07, 6.45) is 0. The molecule has 0 saturated heterocycles. The summed E-state index contributed by atoms with van der Waals surface area (Å²) in [4.78, 5) is 1.01. The van der Waals surface area contributed by atoms with Gasteiger partial charge in [-0.1, -0.05) is 18.2 Å². The number of nitrogen functional groups attached to an aromatic ring is 1. The monoisotopic (exact) mass is 308 g/mol. The Morgan fingerprint density at radius 3 is 2.65 bits per heavy atom. The normalized spacial score (nSPS) is 10.1. The molecule has 0 saturated carbocycles. The van der Waals surface area contributed by atoms with E-state index in [1.54, 1.807) is 23.0 Å². The first-order chi connectivity index (χ1) is 9.31. The van der Waals surface area contributed by atoms with Crippen molar-refractivity contribution in [3.8, 4) is 22.1 Å². The highest BCUT2D eigenvalue weighted by Crippen LogP contribution is 2.31. The lowest BCUT2D eigenvalue weighted by Crippen LogP contribution is -2.04. The maximum absolute atomic E-state index is 5.94. The summed E-state index contributed by atoms with van der Waals surface area (Å²) in [6, 6.07) is 11.6. The molecule has 3 rings (SSSR count). The first-order valence-electron chi connectivity index (χ1n) is 5.69. The topological polar surface area (TPSA) is 66.0 Å². The number of rotatable bonds is 3. The molecule has 1 aromatic carbocycles. The van der Waals surface area contributed by atoms with Crippen LogP contribution in [0.15, 0.2) is 41.8 Å². The van der Waals surface area contributed by atoms with Crippen LogP contribution in [0.5, 0.6) is 5.75 Å². The Labute approximate surface area is 126 Å². The number of para-hydroxylation sites is 2. The lowest BCUT2D eigenvalue weighted by atomic mass is 10.3. The number of hydrogen-bond acceptors (Lipinski definition) is 5. The quantitative estimate of drug-likeness (QED) is 0.807. The van der Waals surface area contributed by atoms with Crippen molar-refractivity contribution >= 4 is 29.7 Å². The van der Waals surface area contributed by atoms with E-state index >= 15 is 0 Å². The third-order valence-electron chi connectivity index (χ3n) is 2.76. The molecule has 2 heterocycles. The third kappa shape index (κ3) is 2.35. The fourth-order valence-corrected chi connectivity index (χ4v) is 2.61. The van der Waals surface area contributed by atoms with Gasteiger partial charge < -0.3 is 10.5 Å². The second-order valence-corrected chi connectivity index (χ2v) is 4.81. The number of halogens is 1. The van der Waals surface area contributed by atoms with E-state index < -0.39 is 0 Å². The summed E-state index contributed by atoms with van der Waals surface area (Å²) >= 11 is 1.59. The Hall–Kier alpha value is -2.05. The van der Waals surface area contributed by atoms with Gasteiger partial charge in [0.05, 0.1) is 17.7 Å². The smallest absolute Gasteiger partial charge is 0.227 e. The lowest BCUT2D eigenvalue weighted by molar-refractivity contribution is 0.413. The summed E-state index contributed by atoms with van der Waals surface area (Å²) < 4.78 is 7.16. The van der Waals surface area contributed by atoms with Gasteiger partial charge in [-0.3, -0.25) is 4.57 Å². The molecule has 20 heavy (non-hydrogen) atoms. The zero-order valence-corrected chi connectivity index (χ0v) is 12.3. The van der Waals surface area contributed by atoms with Gasteiger partial charge >= 0.3 is 0 Å². The van der Waals surface area contributed by atoms with Crippen molar-refractivity contribution in [1.82, 2.24) is 14.8 Å². The summed E-state index contributed by atoms with van der Waals surface area (Å²) in [6.45, 7) is 0. The maximum Gasteiger partial charge on any atom is 0.227 e. The van der Waals surface area contributed by atoms with E-state index in [4.69, 9.17) is 10.5 Å². The number of benzene rings is 1. The predicted octanol–water partition coefficient (Wildman–Crippen LogP) is 3.01. The molecule has 104 valence electrons. The van der Waals surface area contributed by atoms with Gasteiger partial charge in [0.25, 0.3) is 0 Å². The molecule has 0 atom stereocenters. The van der Waals surface area contributed by atoms with Crippen LogP contribution in [0.1, 0.15) is 0 Å². The maximum atomic E-state index is 5.94. The highest BCUT2D eigenvalue weighted by Gasteiger charge is 2.16. The number of nitrogens with zero attached hydrogens (tertiary/aromatic N) is 3. The number of thiophene rings is 1. The second kappa shape index (κ2) is 5.94. The second-order valence-electron chi connectivity index (χ2n) is 3.87. The fraction of sp³-hybridized carbons (Fsp3) is 0.0769. The van der Waals surface area contributed by atoms with Gasteiger partial charge in [0, 0.05) is 0 Å². The van der Waals surface area contributed by atoms with Crippen LogP contribution in [-0.4, -0.2) is 21.9 Å². The average Bonchev–Trinajstić information content (AvgIpc) is 3.07. The van der Waals surface area contributed by atoms with Crippen molar-refractivity contribution in [1.29, 1.82) is 0 Å². The SMILES string of the molecule is COc1ccccc1-n1c(N)nnc1-c1cccs1.Cl. The molecular formula is C13H13ClN4OS. The predicted molar refractivity (Wildman–Crippen MR) is 82.9 cm³/mol. The minimum absolute atomic E-state index is 0. The van der Waals surface area contributed by atoms with Crippen molar-refractivity contribution in [2.45, 2.75) is 0 Å². The van der Waals surface area contributed by atoms with Crippen LogP contribution in [0.25, 0.3) is 16.4 Å². The van der Waals surface area contributed by atoms with Crippen molar-refractivity contribution in [2.24, 2.45) is 0 Å². The van der Waals surface area contributed by atoms with E-state index in [9.17, 15) is 0 Å². The minimum atomic E-state index is 0. The van der Waals surface area contributed by atoms with Gasteiger partial charge in [-0.25, -0.2) is 0 Å². The van der Waals surface area contributed by atoms with Crippen LogP contribution < -0.4 is 10.5 Å². The lowest BCUT2D eigenvalue weighted by Gasteiger charge is -2.11. The highest BCUT2D eigenvalue weighted by atomic mass is 35.5. The van der Waals surface area contributed by atoms with Gasteiger partial charge in [0.2, 0.25) is 5.95 Å². The van der Waals surface area contributed by atoms with Crippen LogP contribution in [0.2, 0.25) is 0 Å². The fourth-order valence-electron chi connectivity index (χ4n) is 1.91. The summed E-state index contributed by atoms with van der Waals surface area (Å²) in [5, 5.41) is 10.1. The molecule has 5 nitrogen and oxygen atoms in total. The van der Waals surface area contributed by atoms with Gasteiger partial charge in [0.15, 0.2) is 5.82 Å². The van der Waals surface area contributed by atoms with E-state index in [0.29, 0.717) is 5.95 Å². The number of methoxy groups -OCH3 is 1. The van der Waals surface area contributed by atoms with Gasteiger partial charge in [-0.05, 0) is 23.6 Å². The summed E-state index contributed by atoms with van der Waals surface area (Å²) in [5.41, 5.74) is 6.77. The summed E-state index contributed by atoms with van der Waals surface area (Å²) in [5.74, 6) is 1.79. The first-order valence-corrected chi connectivity index (χ1v) is 6.57. The summed E-state index contributed by atoms with van der Waals surface area (Å²) in [7, 11) is 1.63. The molecule has 2 N–H and O–H groups in total. The minimum Gasteiger partial charge on any atom is -0.495 e. The molecular weight excluding hydrogens is 296 g/mol. The molecule has 0 radical (unpaired) electrons. The molecule has 0 spiro atoms. The molecule has 0 aliphatic carbocycles. The Morgan fingerprint density at radius 1 is 1.15 bits per heavy atom. The molecule has 7 heteroatoms. The molecule has 0 fully saturated rings. The number of hydrogen-bond donors (Lipinski definition) is 1. The molecule has 0 aliphatic heterocycles. The number of nitrogens with two attached hydrogens (primary N) is 1. The average molecular weight is 309 g/mol. The van der Waals surface area contributed by atoms with E-state index in [1.807, 2.05) is 41.8 Å². The molecule has 0 amide bonds. The Morgan fingerprint density at radius 2 is 1.95 bits per heavy atom. The number of aromatic nitrogens is 3. The van der Waals surface area contributed by atoms with E-state index in [2.05, 4.69) is 10.2 Å². The molecule has 3 aromatic rings. The van der Waals surface area contributed by atoms with E-state index in [0.717, 1.165) is 22.1 Å². The zero-order valence-electron chi connectivity index (χ0n) is 10.7. The third-order valence-corrected chi connectivity index (χ3v) is 3.62. The Balaban J connectivity index is 0.00000147. The van der Waals surface area contributed by atoms with Crippen LogP contribution in [0.3, 0.4) is 0 Å². The van der Waals surface area contributed by atoms with Crippen molar-refractivity contribution < 1.29 is 4.74 Å². The van der Waals surface area contributed by atoms with Gasteiger partial charge in [0.1, 0.15) is 5.75 Å². The van der Waals surface area contributed by atoms with Gasteiger partial charge in [-0.2, -0.15) is 0 Å². The van der Waals surface area contributed by atoms with Crippen molar-refractivity contribution in [3.05, 3.63) is 41.8 Å². The molecule has 0 bridgehead atoms. The van der Waals surface area contributed by atoms with Crippen LogP contribution in [0, 0.1) is 0 Å². The van der Waals surface area contributed by atoms with Crippen LogP contribution >= 0.6 is 23.7 Å². The largest absolute Gasteiger partial charge is 0.495 e. The van der Waals surface area contributed by atoms with Crippen LogP contribution in [-0.2, 0) is 0 Å². The van der Waals surface area contributed by atoms with E-state index in [-0.39, 0.29) is 12.4 Å². The first kappa shape index (κ1) is 14.4. The number of ether oxygens (including phenoxy) is 1. The van der Waals surface area contributed by atoms with Crippen molar-refractivity contribution in [2.75, 3.05) is 12.8 Å². The molecule has 0 unspecified atom stereocenters. The van der Waals surface area contributed by atoms with Crippen LogP contribution in [0.4, 0.5) is 5.95 Å². The van der Waals surface area contributed by atoms with E-state index in [1.165, 1.54) is 0 Å². The zero-order chi connectivity index (χ0) is 13.2.